The van der Waals surface area contributed by atoms with Crippen molar-refractivity contribution in [3.8, 4) is 0 Å². The highest BCUT2D eigenvalue weighted by Gasteiger charge is 2.15. The van der Waals surface area contributed by atoms with Gasteiger partial charge < -0.3 is 19.9 Å². The van der Waals surface area contributed by atoms with Crippen LogP contribution in [0, 0.1) is 0 Å². The Morgan fingerprint density at radius 1 is 1.15 bits per heavy atom. The maximum Gasteiger partial charge on any atom is 0.406 e. The number of nitrogens with one attached hydrogen (secondary N) is 1. The Morgan fingerprint density at radius 3 is 2.58 bits per heavy atom. The predicted octanol–water partition coefficient (Wildman–Crippen LogP) is 4.31. The lowest BCUT2D eigenvalue weighted by atomic mass is 10.1. The fraction of sp³-hybridized carbons (Fsp3) is 0.222. The number of benzene rings is 2. The molecule has 2 rings (SSSR count). The van der Waals surface area contributed by atoms with Gasteiger partial charge in [-0.05, 0) is 41.5 Å². The normalized spacial score (nSPS) is 11.7. The largest absolute Gasteiger partial charge is 0.478 e. The number of aromatic carboxylic acids is 1. The maximum absolute atomic E-state index is 11.4. The summed E-state index contributed by atoms with van der Waals surface area (Å²) in [5, 5.41) is 12.5. The van der Waals surface area contributed by atoms with Gasteiger partial charge in [-0.15, -0.1) is 0 Å². The Labute approximate surface area is 160 Å². The summed E-state index contributed by atoms with van der Waals surface area (Å²) in [5.74, 6) is -1.08. The van der Waals surface area contributed by atoms with Crippen LogP contribution in [0.4, 0.5) is 4.79 Å². The highest BCUT2D eigenvalue weighted by Crippen LogP contribution is 2.23. The summed E-state index contributed by atoms with van der Waals surface area (Å²) in [5.41, 5.74) is 1.43. The molecule has 2 N–H and O–H groups in total. The number of methoxy groups -OCH3 is 1. The molecule has 1 amide bonds. The smallest absolute Gasteiger partial charge is 0.406 e. The topological polar surface area (TPSA) is 84.9 Å². The number of carboxylic acids is 1. The first-order valence-corrected chi connectivity index (χ1v) is 8.36. The van der Waals surface area contributed by atoms with Gasteiger partial charge >= 0.3 is 12.1 Å². The third kappa shape index (κ3) is 5.91. The number of carboxylic acid groups (broad SMARTS) is 1. The summed E-state index contributed by atoms with van der Waals surface area (Å²) < 4.78 is 10.4. The highest BCUT2D eigenvalue weighted by atomic mass is 35.5. The summed E-state index contributed by atoms with van der Waals surface area (Å²) in [6.45, 7) is 0.250. The van der Waals surface area contributed by atoms with E-state index >= 15 is 0 Å². The van der Waals surface area contributed by atoms with Crippen molar-refractivity contribution in [2.75, 3.05) is 13.7 Å². The number of hydrogen-bond acceptors (Lipinski definition) is 4. The first kappa shape index (κ1) is 20.0. The zero-order valence-corrected chi connectivity index (χ0v) is 15.4. The summed E-state index contributed by atoms with van der Waals surface area (Å²) in [7, 11) is 1.27. The number of halogens is 2. The van der Waals surface area contributed by atoms with Crippen molar-refractivity contribution in [2.24, 2.45) is 0 Å². The molecule has 0 saturated heterocycles. The zero-order valence-electron chi connectivity index (χ0n) is 13.9. The number of rotatable bonds is 7. The first-order chi connectivity index (χ1) is 12.4. The molecule has 0 aliphatic rings. The highest BCUT2D eigenvalue weighted by molar-refractivity contribution is 6.31. The van der Waals surface area contributed by atoms with Gasteiger partial charge in [0.25, 0.3) is 0 Å². The second-order valence-electron chi connectivity index (χ2n) is 5.38. The minimum absolute atomic E-state index is 0.0723. The van der Waals surface area contributed by atoms with Crippen molar-refractivity contribution in [1.29, 1.82) is 0 Å². The molecule has 0 saturated carbocycles. The summed E-state index contributed by atoms with van der Waals surface area (Å²) in [6, 6.07) is 11.5. The van der Waals surface area contributed by atoms with Gasteiger partial charge in [0, 0.05) is 10.0 Å². The Hall–Kier alpha value is -2.28. The van der Waals surface area contributed by atoms with E-state index in [1.165, 1.54) is 19.2 Å². The standard InChI is InChI=1S/C18H17Cl2NO5/c1-25-18(24)21-9-16(12-3-2-4-14(19)7-12)26-10-11-5-13(17(22)23)8-15(20)6-11/h2-8,16H,9-10H2,1H3,(H,21,24)(H,22,23). The Bertz CT molecular complexity index is 797. The molecule has 1 atom stereocenters. The fourth-order valence-corrected chi connectivity index (χ4v) is 2.74. The Kier molecular flexibility index (Phi) is 7.26. The Morgan fingerprint density at radius 2 is 1.92 bits per heavy atom. The van der Waals surface area contributed by atoms with E-state index in [0.717, 1.165) is 5.56 Å². The molecule has 0 bridgehead atoms. The van der Waals surface area contributed by atoms with Crippen LogP contribution in [-0.4, -0.2) is 30.8 Å². The van der Waals surface area contributed by atoms with Crippen molar-refractivity contribution >= 4 is 35.3 Å². The molecule has 1 unspecified atom stereocenters. The molecule has 0 aromatic heterocycles. The van der Waals surface area contributed by atoms with Gasteiger partial charge in [-0.1, -0.05) is 35.3 Å². The zero-order chi connectivity index (χ0) is 19.1. The van der Waals surface area contributed by atoms with Gasteiger partial charge in [-0.2, -0.15) is 0 Å². The molecular weight excluding hydrogens is 381 g/mol. The van der Waals surface area contributed by atoms with Crippen LogP contribution < -0.4 is 5.32 Å². The van der Waals surface area contributed by atoms with Gasteiger partial charge in [0.2, 0.25) is 0 Å². The van der Waals surface area contributed by atoms with E-state index in [2.05, 4.69) is 10.1 Å². The first-order valence-electron chi connectivity index (χ1n) is 7.60. The third-order valence-electron chi connectivity index (χ3n) is 3.49. The minimum Gasteiger partial charge on any atom is -0.478 e. The van der Waals surface area contributed by atoms with E-state index in [-0.39, 0.29) is 18.7 Å². The molecule has 0 aliphatic carbocycles. The Balaban J connectivity index is 2.16. The van der Waals surface area contributed by atoms with Gasteiger partial charge in [0.15, 0.2) is 0 Å². The lowest BCUT2D eigenvalue weighted by molar-refractivity contribution is 0.0392. The molecule has 26 heavy (non-hydrogen) atoms. The molecular formula is C18H17Cl2NO5. The number of hydrogen-bond donors (Lipinski definition) is 2. The lowest BCUT2D eigenvalue weighted by Crippen LogP contribution is -2.29. The molecule has 138 valence electrons. The average molecular weight is 398 g/mol. The van der Waals surface area contributed by atoms with E-state index in [1.807, 2.05) is 6.07 Å². The molecule has 0 heterocycles. The van der Waals surface area contributed by atoms with E-state index < -0.39 is 18.2 Å². The quantitative estimate of drug-likeness (QED) is 0.726. The lowest BCUT2D eigenvalue weighted by Gasteiger charge is -2.19. The number of ether oxygens (including phenoxy) is 2. The van der Waals surface area contributed by atoms with Gasteiger partial charge in [0.05, 0.1) is 25.8 Å². The molecule has 0 radical (unpaired) electrons. The molecule has 0 fully saturated rings. The molecule has 0 aliphatic heterocycles. The summed E-state index contributed by atoms with van der Waals surface area (Å²) >= 11 is 12.0. The molecule has 0 spiro atoms. The number of carbonyl (C=O) groups excluding carboxylic acids is 1. The van der Waals surface area contributed by atoms with Crippen LogP contribution in [0.2, 0.25) is 10.0 Å². The van der Waals surface area contributed by atoms with Crippen LogP contribution in [-0.2, 0) is 16.1 Å². The molecule has 2 aromatic carbocycles. The van der Waals surface area contributed by atoms with Crippen LogP contribution in [0.3, 0.4) is 0 Å². The van der Waals surface area contributed by atoms with E-state index in [1.54, 1.807) is 24.3 Å². The number of alkyl carbamates (subject to hydrolysis) is 1. The second kappa shape index (κ2) is 9.43. The molecule has 8 heteroatoms. The molecule has 2 aromatic rings. The maximum atomic E-state index is 11.4. The SMILES string of the molecule is COC(=O)NCC(OCc1cc(Cl)cc(C(=O)O)c1)c1cccc(Cl)c1. The van der Waals surface area contributed by atoms with Gasteiger partial charge in [-0.25, -0.2) is 9.59 Å². The van der Waals surface area contributed by atoms with Gasteiger partial charge in [0.1, 0.15) is 6.10 Å². The molecule has 6 nitrogen and oxygen atoms in total. The number of carbonyl (C=O) groups is 2. The monoisotopic (exact) mass is 397 g/mol. The average Bonchev–Trinajstić information content (AvgIpc) is 2.60. The summed E-state index contributed by atoms with van der Waals surface area (Å²) in [4.78, 5) is 22.5. The fourth-order valence-electron chi connectivity index (χ4n) is 2.28. The van der Waals surface area contributed by atoms with Crippen LogP contribution >= 0.6 is 23.2 Å². The van der Waals surface area contributed by atoms with E-state index in [4.69, 9.17) is 33.0 Å². The number of amides is 1. The van der Waals surface area contributed by atoms with Crippen LogP contribution in [0.15, 0.2) is 42.5 Å². The van der Waals surface area contributed by atoms with Gasteiger partial charge in [-0.3, -0.25) is 0 Å². The van der Waals surface area contributed by atoms with E-state index in [9.17, 15) is 9.59 Å². The predicted molar refractivity (Wildman–Crippen MR) is 97.8 cm³/mol. The van der Waals surface area contributed by atoms with Crippen molar-refractivity contribution < 1.29 is 24.2 Å². The van der Waals surface area contributed by atoms with Crippen LogP contribution in [0.5, 0.6) is 0 Å². The summed E-state index contributed by atoms with van der Waals surface area (Å²) in [6.07, 6.45) is -1.10. The van der Waals surface area contributed by atoms with Crippen molar-refractivity contribution in [2.45, 2.75) is 12.7 Å². The van der Waals surface area contributed by atoms with E-state index in [0.29, 0.717) is 15.6 Å². The van der Waals surface area contributed by atoms with Crippen molar-refractivity contribution in [1.82, 2.24) is 5.32 Å². The van der Waals surface area contributed by atoms with Crippen molar-refractivity contribution in [3.05, 3.63) is 69.2 Å². The van der Waals surface area contributed by atoms with Crippen molar-refractivity contribution in [3.63, 3.8) is 0 Å². The minimum atomic E-state index is -1.08. The van der Waals surface area contributed by atoms with Crippen LogP contribution in [0.25, 0.3) is 0 Å². The third-order valence-corrected chi connectivity index (χ3v) is 3.95. The van der Waals surface area contributed by atoms with Crippen LogP contribution in [0.1, 0.15) is 27.6 Å². The second-order valence-corrected chi connectivity index (χ2v) is 6.25.